The molecule has 148 valence electrons. The summed E-state index contributed by atoms with van der Waals surface area (Å²) in [5.74, 6) is -0.830. The molecule has 1 aliphatic heterocycles. The van der Waals surface area contributed by atoms with Crippen LogP contribution in [-0.4, -0.2) is 45.6 Å². The monoisotopic (exact) mass is 403 g/mol. The van der Waals surface area contributed by atoms with Crippen molar-refractivity contribution in [1.82, 2.24) is 5.32 Å². The Morgan fingerprint density at radius 1 is 1.19 bits per heavy atom. The number of Topliss-reactive ketones (excluding diaryl/α,β-unsaturated/α-hetero) is 2. The smallest absolute Gasteiger partial charge is 0.303 e. The van der Waals surface area contributed by atoms with Gasteiger partial charge in [0.1, 0.15) is 5.78 Å². The number of carbonyl (C=O) groups excluding carboxylic acids is 3. The molecule has 6 nitrogen and oxygen atoms in total. The van der Waals surface area contributed by atoms with Gasteiger partial charge in [0.25, 0.3) is 0 Å². The fourth-order valence-electron chi connectivity index (χ4n) is 2.66. The van der Waals surface area contributed by atoms with Crippen molar-refractivity contribution >= 4 is 45.0 Å². The molecule has 8 heteroatoms. The third-order valence-corrected chi connectivity index (χ3v) is 7.49. The predicted octanol–water partition coefficient (Wildman–Crippen LogP) is 3.23. The Labute approximate surface area is 163 Å². The number of unbranched alkanes of at least 4 members (excludes halogenated alkanes) is 1. The largest absolute Gasteiger partial charge is 0.481 e. The highest BCUT2D eigenvalue weighted by Gasteiger charge is 2.24. The van der Waals surface area contributed by atoms with Crippen molar-refractivity contribution in [3.63, 3.8) is 0 Å². The summed E-state index contributed by atoms with van der Waals surface area (Å²) in [6.45, 7) is 3.08. The molecule has 0 spiro atoms. The van der Waals surface area contributed by atoms with E-state index in [4.69, 9.17) is 5.11 Å². The predicted molar refractivity (Wildman–Crippen MR) is 105 cm³/mol. The molecule has 0 bridgehead atoms. The molecule has 0 aromatic carbocycles. The van der Waals surface area contributed by atoms with E-state index in [0.717, 1.165) is 19.3 Å². The normalized spacial score (nSPS) is 18.9. The number of rotatable bonds is 13. The molecule has 2 N–H and O–H groups in total. The van der Waals surface area contributed by atoms with E-state index >= 15 is 0 Å². The molecule has 1 heterocycles. The third-order valence-electron chi connectivity index (χ3n) is 4.48. The lowest BCUT2D eigenvalue weighted by Gasteiger charge is -2.18. The van der Waals surface area contributed by atoms with Crippen LogP contribution in [0.15, 0.2) is 0 Å². The molecule has 26 heavy (non-hydrogen) atoms. The highest BCUT2D eigenvalue weighted by Crippen LogP contribution is 2.39. The van der Waals surface area contributed by atoms with Gasteiger partial charge in [-0.2, -0.15) is 0 Å². The van der Waals surface area contributed by atoms with Gasteiger partial charge < -0.3 is 10.4 Å². The minimum Gasteiger partial charge on any atom is -0.481 e. The molecular weight excluding hydrogens is 374 g/mol. The van der Waals surface area contributed by atoms with Crippen LogP contribution in [0, 0.1) is 5.92 Å². The molecular formula is C18H29NO5S2. The summed E-state index contributed by atoms with van der Waals surface area (Å²) in [7, 11) is 3.82. The molecule has 0 radical (unpaired) electrons. The van der Waals surface area contributed by atoms with Gasteiger partial charge in [-0.25, -0.2) is 0 Å². The summed E-state index contributed by atoms with van der Waals surface area (Å²) in [6, 6.07) is -0.831. The minimum absolute atomic E-state index is 0.0243. The van der Waals surface area contributed by atoms with Crippen molar-refractivity contribution in [3.8, 4) is 0 Å². The van der Waals surface area contributed by atoms with Gasteiger partial charge >= 0.3 is 5.97 Å². The highest BCUT2D eigenvalue weighted by molar-refractivity contribution is 8.77. The highest BCUT2D eigenvalue weighted by atomic mass is 33.1. The van der Waals surface area contributed by atoms with Crippen molar-refractivity contribution < 1.29 is 24.3 Å². The molecule has 1 rings (SSSR count). The SMILES string of the molecule is CC(=O)[C@@H](C)CC(=O)[C@@H](CCC(=O)O)NC(=O)CCCC[C@@H]1CCSS1. The van der Waals surface area contributed by atoms with Crippen LogP contribution in [0.1, 0.15) is 65.2 Å². The number of hydrogen-bond donors (Lipinski definition) is 2. The second-order valence-corrected chi connectivity index (χ2v) is 9.60. The Bertz CT molecular complexity index is 506. The number of carbonyl (C=O) groups is 4. The minimum atomic E-state index is -1.01. The number of amides is 1. The van der Waals surface area contributed by atoms with Crippen molar-refractivity contribution in [1.29, 1.82) is 0 Å². The molecule has 0 aromatic rings. The van der Waals surface area contributed by atoms with Gasteiger partial charge in [-0.3, -0.25) is 19.2 Å². The Morgan fingerprint density at radius 2 is 1.92 bits per heavy atom. The van der Waals surface area contributed by atoms with Gasteiger partial charge in [0.15, 0.2) is 5.78 Å². The number of ketones is 2. The van der Waals surface area contributed by atoms with Crippen molar-refractivity contribution in [2.75, 3.05) is 5.75 Å². The van der Waals surface area contributed by atoms with Crippen LogP contribution in [0.25, 0.3) is 0 Å². The van der Waals surface area contributed by atoms with Gasteiger partial charge in [0.2, 0.25) is 5.91 Å². The zero-order chi connectivity index (χ0) is 19.5. The second kappa shape index (κ2) is 12.4. The molecule has 1 saturated heterocycles. The maximum absolute atomic E-state index is 12.3. The zero-order valence-electron chi connectivity index (χ0n) is 15.5. The van der Waals surface area contributed by atoms with E-state index in [1.165, 1.54) is 19.1 Å². The second-order valence-electron chi connectivity index (χ2n) is 6.81. The van der Waals surface area contributed by atoms with Crippen LogP contribution in [0.2, 0.25) is 0 Å². The maximum atomic E-state index is 12.3. The van der Waals surface area contributed by atoms with Crippen molar-refractivity contribution in [2.24, 2.45) is 5.92 Å². The quantitative estimate of drug-likeness (QED) is 0.360. The van der Waals surface area contributed by atoms with E-state index in [0.29, 0.717) is 11.7 Å². The van der Waals surface area contributed by atoms with Crippen LogP contribution >= 0.6 is 21.6 Å². The van der Waals surface area contributed by atoms with Crippen molar-refractivity contribution in [3.05, 3.63) is 0 Å². The molecule has 0 unspecified atom stereocenters. The lowest BCUT2D eigenvalue weighted by Crippen LogP contribution is -2.42. The average molecular weight is 404 g/mol. The molecule has 1 aliphatic rings. The molecule has 3 atom stereocenters. The number of hydrogen-bond acceptors (Lipinski definition) is 6. The van der Waals surface area contributed by atoms with E-state index in [2.05, 4.69) is 5.32 Å². The summed E-state index contributed by atoms with van der Waals surface area (Å²) < 4.78 is 0. The van der Waals surface area contributed by atoms with Gasteiger partial charge in [0, 0.05) is 36.2 Å². The molecule has 1 fully saturated rings. The van der Waals surface area contributed by atoms with Crippen LogP contribution in [0.4, 0.5) is 0 Å². The zero-order valence-corrected chi connectivity index (χ0v) is 17.1. The molecule has 0 aromatic heterocycles. The van der Waals surface area contributed by atoms with Gasteiger partial charge in [0.05, 0.1) is 6.04 Å². The Kier molecular flexibility index (Phi) is 11.0. The summed E-state index contributed by atoms with van der Waals surface area (Å²) in [5.41, 5.74) is 0. The van der Waals surface area contributed by atoms with Crippen molar-refractivity contribution in [2.45, 2.75) is 76.5 Å². The van der Waals surface area contributed by atoms with E-state index in [1.54, 1.807) is 6.92 Å². The first-order valence-corrected chi connectivity index (χ1v) is 11.5. The van der Waals surface area contributed by atoms with Gasteiger partial charge in [-0.05, 0) is 32.6 Å². The number of carboxylic acid groups (broad SMARTS) is 1. The van der Waals surface area contributed by atoms with E-state index in [9.17, 15) is 19.2 Å². The van der Waals surface area contributed by atoms with E-state index in [1.807, 2.05) is 21.6 Å². The average Bonchev–Trinajstić information content (AvgIpc) is 3.08. The third kappa shape index (κ3) is 9.62. The van der Waals surface area contributed by atoms with Crippen LogP contribution < -0.4 is 5.32 Å². The molecule has 1 amide bonds. The summed E-state index contributed by atoms with van der Waals surface area (Å²) >= 11 is 0. The summed E-state index contributed by atoms with van der Waals surface area (Å²) in [5, 5.41) is 12.2. The van der Waals surface area contributed by atoms with Crippen LogP contribution in [0.3, 0.4) is 0 Å². The molecule has 0 saturated carbocycles. The standard InChI is InChI=1S/C18H29NO5S2/c1-12(13(2)20)11-16(21)15(7-8-18(23)24)19-17(22)6-4-3-5-14-9-10-25-26-14/h12,14-15H,3-11H2,1-2H3,(H,19,22)(H,23,24)/t12-,14+,15+/m0/s1. The summed E-state index contributed by atoms with van der Waals surface area (Å²) in [4.78, 5) is 46.6. The summed E-state index contributed by atoms with van der Waals surface area (Å²) in [6.07, 6.45) is 4.28. The van der Waals surface area contributed by atoms with Crippen LogP contribution in [0.5, 0.6) is 0 Å². The molecule has 0 aliphatic carbocycles. The fraction of sp³-hybridized carbons (Fsp3) is 0.778. The Balaban J connectivity index is 2.41. The van der Waals surface area contributed by atoms with Gasteiger partial charge in [-0.1, -0.05) is 34.9 Å². The Morgan fingerprint density at radius 3 is 2.50 bits per heavy atom. The lowest BCUT2D eigenvalue weighted by atomic mass is 9.95. The first kappa shape index (κ1) is 23.0. The first-order chi connectivity index (χ1) is 12.3. The maximum Gasteiger partial charge on any atom is 0.303 e. The number of aliphatic carboxylic acids is 1. The fourth-order valence-corrected chi connectivity index (χ4v) is 5.69. The van der Waals surface area contributed by atoms with E-state index < -0.39 is 17.9 Å². The number of carboxylic acids is 1. The Hall–Kier alpha value is -1.02. The first-order valence-electron chi connectivity index (χ1n) is 9.12. The van der Waals surface area contributed by atoms with Crippen LogP contribution in [-0.2, 0) is 19.2 Å². The topological polar surface area (TPSA) is 101 Å². The van der Waals surface area contributed by atoms with Gasteiger partial charge in [-0.15, -0.1) is 0 Å². The van der Waals surface area contributed by atoms with E-state index in [-0.39, 0.29) is 36.7 Å². The lowest BCUT2D eigenvalue weighted by molar-refractivity contribution is -0.138. The number of nitrogens with one attached hydrogen (secondary N) is 1.